The maximum absolute atomic E-state index is 12.4. The minimum atomic E-state index is -0.506. The van der Waals surface area contributed by atoms with Crippen LogP contribution >= 0.6 is 0 Å². The molecule has 0 aromatic heterocycles. The average Bonchev–Trinajstić information content (AvgIpc) is 2.86. The van der Waals surface area contributed by atoms with Crippen molar-refractivity contribution < 1.29 is 19.3 Å². The smallest absolute Gasteiger partial charge is 0.274 e. The lowest BCUT2D eigenvalue weighted by Gasteiger charge is -2.19. The van der Waals surface area contributed by atoms with Crippen LogP contribution in [0, 0.1) is 28.9 Å². The number of nitrogens with one attached hydrogen (secondary N) is 1. The molecule has 2 atom stereocenters. The number of carbonyl (C=O) groups excluding carboxylic acids is 3. The van der Waals surface area contributed by atoms with E-state index in [1.165, 1.54) is 11.0 Å². The van der Waals surface area contributed by atoms with E-state index in [0.29, 0.717) is 11.3 Å². The summed E-state index contributed by atoms with van der Waals surface area (Å²) in [4.78, 5) is 48.6. The van der Waals surface area contributed by atoms with Gasteiger partial charge in [0.25, 0.3) is 5.69 Å². The van der Waals surface area contributed by atoms with Gasteiger partial charge in [-0.2, -0.15) is 0 Å². The van der Waals surface area contributed by atoms with Crippen molar-refractivity contribution in [2.75, 3.05) is 11.9 Å². The maximum atomic E-state index is 12.4. The molecule has 0 radical (unpaired) electrons. The highest BCUT2D eigenvalue weighted by atomic mass is 16.6. The minimum Gasteiger partial charge on any atom is -0.326 e. The van der Waals surface area contributed by atoms with E-state index in [9.17, 15) is 24.5 Å². The van der Waals surface area contributed by atoms with Crippen molar-refractivity contribution in [3.63, 3.8) is 0 Å². The van der Waals surface area contributed by atoms with E-state index < -0.39 is 10.8 Å². The van der Waals surface area contributed by atoms with Gasteiger partial charge in [0.15, 0.2) is 0 Å². The molecule has 3 amide bonds. The number of anilines is 1. The molecule has 1 aliphatic carbocycles. The van der Waals surface area contributed by atoms with Crippen LogP contribution in [0.15, 0.2) is 18.2 Å². The lowest BCUT2D eigenvalue weighted by Crippen LogP contribution is -2.34. The van der Waals surface area contributed by atoms with E-state index in [2.05, 4.69) is 5.32 Å². The fourth-order valence-corrected chi connectivity index (χ4v) is 3.77. The lowest BCUT2D eigenvalue weighted by atomic mass is 9.81. The molecule has 3 rings (SSSR count). The maximum Gasteiger partial charge on any atom is 0.274 e. The molecule has 1 heterocycles. The minimum absolute atomic E-state index is 0.0292. The number of benzene rings is 1. The highest BCUT2D eigenvalue weighted by Crippen LogP contribution is 2.38. The second-order valence-electron chi connectivity index (χ2n) is 6.88. The molecule has 0 bridgehead atoms. The van der Waals surface area contributed by atoms with Gasteiger partial charge in [0, 0.05) is 30.3 Å². The first-order valence-corrected chi connectivity index (χ1v) is 8.78. The summed E-state index contributed by atoms with van der Waals surface area (Å²) in [5, 5.41) is 13.6. The van der Waals surface area contributed by atoms with E-state index in [0.717, 1.165) is 25.7 Å². The summed E-state index contributed by atoms with van der Waals surface area (Å²) < 4.78 is 0. The SMILES string of the molecule is Cc1ccc(NC(=O)CCN2C(=O)[C@H]3CCCC[C@H]3C2=O)cc1[N+](=O)[O-]. The van der Waals surface area contributed by atoms with Crippen LogP contribution in [0.1, 0.15) is 37.7 Å². The molecular formula is C18H21N3O5. The summed E-state index contributed by atoms with van der Waals surface area (Å²) in [6.07, 6.45) is 3.37. The Morgan fingerprint density at radius 1 is 1.23 bits per heavy atom. The third-order valence-corrected chi connectivity index (χ3v) is 5.18. The number of hydrogen-bond donors (Lipinski definition) is 1. The van der Waals surface area contributed by atoms with Gasteiger partial charge in [0.2, 0.25) is 17.7 Å². The van der Waals surface area contributed by atoms with Crippen molar-refractivity contribution in [2.45, 2.75) is 39.0 Å². The number of hydrogen-bond acceptors (Lipinski definition) is 5. The molecule has 0 unspecified atom stereocenters. The van der Waals surface area contributed by atoms with Gasteiger partial charge in [0.05, 0.1) is 16.8 Å². The molecule has 1 aliphatic heterocycles. The Morgan fingerprint density at radius 2 is 1.85 bits per heavy atom. The highest BCUT2D eigenvalue weighted by Gasteiger charge is 2.47. The monoisotopic (exact) mass is 359 g/mol. The van der Waals surface area contributed by atoms with Crippen molar-refractivity contribution in [1.82, 2.24) is 4.90 Å². The van der Waals surface area contributed by atoms with Gasteiger partial charge in [-0.3, -0.25) is 29.4 Å². The number of nitro groups is 1. The average molecular weight is 359 g/mol. The number of fused-ring (bicyclic) bond motifs is 1. The second kappa shape index (κ2) is 7.23. The van der Waals surface area contributed by atoms with Crippen molar-refractivity contribution in [2.24, 2.45) is 11.8 Å². The number of carbonyl (C=O) groups is 3. The first-order valence-electron chi connectivity index (χ1n) is 8.78. The van der Waals surface area contributed by atoms with E-state index in [1.807, 2.05) is 0 Å². The van der Waals surface area contributed by atoms with E-state index in [1.54, 1.807) is 19.1 Å². The zero-order chi connectivity index (χ0) is 18.8. The van der Waals surface area contributed by atoms with Crippen LogP contribution in [-0.4, -0.2) is 34.1 Å². The van der Waals surface area contributed by atoms with Gasteiger partial charge in [-0.1, -0.05) is 18.9 Å². The van der Waals surface area contributed by atoms with Crippen molar-refractivity contribution in [3.05, 3.63) is 33.9 Å². The Labute approximate surface area is 150 Å². The number of imide groups is 1. The number of aryl methyl sites for hydroxylation is 1. The van der Waals surface area contributed by atoms with Crippen LogP contribution in [-0.2, 0) is 14.4 Å². The van der Waals surface area contributed by atoms with Gasteiger partial charge in [0.1, 0.15) is 0 Å². The Kier molecular flexibility index (Phi) is 5.01. The predicted molar refractivity (Wildman–Crippen MR) is 93.2 cm³/mol. The van der Waals surface area contributed by atoms with Gasteiger partial charge < -0.3 is 5.32 Å². The van der Waals surface area contributed by atoms with Crippen molar-refractivity contribution in [3.8, 4) is 0 Å². The van der Waals surface area contributed by atoms with Crippen molar-refractivity contribution >= 4 is 29.1 Å². The van der Waals surface area contributed by atoms with Gasteiger partial charge in [-0.25, -0.2) is 0 Å². The Hall–Kier alpha value is -2.77. The Balaban J connectivity index is 1.59. The summed E-state index contributed by atoms with van der Waals surface area (Å²) in [7, 11) is 0. The third kappa shape index (κ3) is 3.44. The number of amides is 3. The molecule has 1 saturated heterocycles. The predicted octanol–water partition coefficient (Wildman–Crippen LogP) is 2.41. The first-order chi connectivity index (χ1) is 12.4. The zero-order valence-corrected chi connectivity index (χ0v) is 14.6. The summed E-state index contributed by atoms with van der Waals surface area (Å²) in [5.41, 5.74) is 0.751. The summed E-state index contributed by atoms with van der Waals surface area (Å²) >= 11 is 0. The van der Waals surface area contributed by atoms with E-state index >= 15 is 0 Å². The number of nitro benzene ring substituents is 1. The highest BCUT2D eigenvalue weighted by molar-refractivity contribution is 6.05. The largest absolute Gasteiger partial charge is 0.326 e. The topological polar surface area (TPSA) is 110 Å². The molecule has 138 valence electrons. The molecule has 26 heavy (non-hydrogen) atoms. The number of likely N-dealkylation sites (tertiary alicyclic amines) is 1. The summed E-state index contributed by atoms with van der Waals surface area (Å²) in [6, 6.07) is 4.45. The lowest BCUT2D eigenvalue weighted by molar-refractivity contribution is -0.385. The van der Waals surface area contributed by atoms with Crippen LogP contribution < -0.4 is 5.32 Å². The van der Waals surface area contributed by atoms with Gasteiger partial charge >= 0.3 is 0 Å². The second-order valence-corrected chi connectivity index (χ2v) is 6.88. The zero-order valence-electron chi connectivity index (χ0n) is 14.6. The summed E-state index contributed by atoms with van der Waals surface area (Å²) in [5.74, 6) is -1.17. The normalized spacial score (nSPS) is 22.3. The van der Waals surface area contributed by atoms with Gasteiger partial charge in [-0.15, -0.1) is 0 Å². The third-order valence-electron chi connectivity index (χ3n) is 5.18. The molecule has 0 spiro atoms. The molecular weight excluding hydrogens is 338 g/mol. The molecule has 1 N–H and O–H groups in total. The van der Waals surface area contributed by atoms with Crippen LogP contribution in [0.2, 0.25) is 0 Å². The van der Waals surface area contributed by atoms with E-state index in [-0.39, 0.29) is 42.3 Å². The number of nitrogens with zero attached hydrogens (tertiary/aromatic N) is 2. The Bertz CT molecular complexity index is 752. The molecule has 2 aliphatic rings. The molecule has 8 heteroatoms. The molecule has 1 aromatic carbocycles. The van der Waals surface area contributed by atoms with Crippen molar-refractivity contribution in [1.29, 1.82) is 0 Å². The van der Waals surface area contributed by atoms with Crippen LogP contribution in [0.5, 0.6) is 0 Å². The van der Waals surface area contributed by atoms with Gasteiger partial charge in [-0.05, 0) is 25.8 Å². The fraction of sp³-hybridized carbons (Fsp3) is 0.500. The number of rotatable bonds is 5. The van der Waals surface area contributed by atoms with Crippen LogP contribution in [0.3, 0.4) is 0 Å². The standard InChI is InChI=1S/C18H21N3O5/c1-11-6-7-12(10-15(11)21(25)26)19-16(22)8-9-20-17(23)13-4-2-3-5-14(13)18(20)24/h6-7,10,13-14H,2-5,8-9H2,1H3,(H,19,22)/t13-,14+. The molecule has 8 nitrogen and oxygen atoms in total. The molecule has 2 fully saturated rings. The van der Waals surface area contributed by atoms with Crippen LogP contribution in [0.4, 0.5) is 11.4 Å². The molecule has 1 saturated carbocycles. The van der Waals surface area contributed by atoms with Crippen LogP contribution in [0.25, 0.3) is 0 Å². The quantitative estimate of drug-likeness (QED) is 0.493. The van der Waals surface area contributed by atoms with E-state index in [4.69, 9.17) is 0 Å². The first kappa shape index (κ1) is 18.0. The summed E-state index contributed by atoms with van der Waals surface area (Å²) in [6.45, 7) is 1.66. The molecule has 1 aromatic rings. The fourth-order valence-electron chi connectivity index (χ4n) is 3.77. The Morgan fingerprint density at radius 3 is 2.42 bits per heavy atom.